The molecule has 0 radical (unpaired) electrons. The molecule has 0 spiro atoms. The van der Waals surface area contributed by atoms with Crippen molar-refractivity contribution >= 4 is 33.3 Å². The Morgan fingerprint density at radius 2 is 1.46 bits per heavy atom. The van der Waals surface area contributed by atoms with Crippen LogP contribution < -0.4 is 10.5 Å². The molecule has 0 aromatic heterocycles. The number of benzene rings is 3. The Hall–Kier alpha value is -3.42. The van der Waals surface area contributed by atoms with Gasteiger partial charge >= 0.3 is 0 Å². The van der Waals surface area contributed by atoms with Crippen LogP contribution in [0.25, 0.3) is 6.08 Å². The Morgan fingerprint density at radius 1 is 0.857 bits per heavy atom. The molecular formula is C21H20N2O4S. The first-order chi connectivity index (χ1) is 12.9. The summed E-state index contributed by atoms with van der Waals surface area (Å²) in [7, 11) is -3.68. The quantitative estimate of drug-likeness (QED) is 0.378. The Labute approximate surface area is 163 Å². The van der Waals surface area contributed by atoms with Gasteiger partial charge in [-0.25, -0.2) is 8.42 Å². The summed E-state index contributed by atoms with van der Waals surface area (Å²) in [5, 5.41) is 0. The Bertz CT molecular complexity index is 1060. The summed E-state index contributed by atoms with van der Waals surface area (Å²) in [5.74, 6) is -0.0938. The average Bonchev–Trinajstić information content (AvgIpc) is 2.68. The van der Waals surface area contributed by atoms with Crippen molar-refractivity contribution in [1.82, 2.24) is 0 Å². The van der Waals surface area contributed by atoms with Crippen LogP contribution in [0.2, 0.25) is 0 Å². The fourth-order valence-corrected chi connectivity index (χ4v) is 3.45. The van der Waals surface area contributed by atoms with Gasteiger partial charge in [0, 0.05) is 16.9 Å². The lowest BCUT2D eigenvalue weighted by molar-refractivity contribution is 0.104. The molecule has 0 saturated heterocycles. The van der Waals surface area contributed by atoms with Crippen molar-refractivity contribution in [2.45, 2.75) is 4.90 Å². The largest absolute Gasteiger partial charge is 0.412 e. The number of nitrogens with two attached hydrogens (primary N) is 1. The van der Waals surface area contributed by atoms with Crippen LogP contribution in [0.15, 0.2) is 89.8 Å². The van der Waals surface area contributed by atoms with Crippen molar-refractivity contribution in [1.29, 1.82) is 0 Å². The van der Waals surface area contributed by atoms with Gasteiger partial charge in [0.15, 0.2) is 5.78 Å². The van der Waals surface area contributed by atoms with Crippen LogP contribution in [-0.2, 0) is 10.0 Å². The first kappa shape index (κ1) is 20.9. The molecule has 0 aliphatic rings. The number of rotatable bonds is 6. The summed E-state index contributed by atoms with van der Waals surface area (Å²) in [6.45, 7) is 0. The molecule has 5 N–H and O–H groups in total. The van der Waals surface area contributed by atoms with Crippen LogP contribution in [0.4, 0.5) is 11.4 Å². The molecular weight excluding hydrogens is 376 g/mol. The van der Waals surface area contributed by atoms with E-state index in [2.05, 4.69) is 4.72 Å². The monoisotopic (exact) mass is 396 g/mol. The van der Waals surface area contributed by atoms with Crippen LogP contribution in [0.1, 0.15) is 15.9 Å². The number of hydrogen-bond donors (Lipinski definition) is 2. The molecule has 0 heterocycles. The van der Waals surface area contributed by atoms with Crippen molar-refractivity contribution in [3.8, 4) is 0 Å². The molecule has 0 unspecified atom stereocenters. The topological polar surface area (TPSA) is 121 Å². The number of allylic oxidation sites excluding steroid dienone is 1. The van der Waals surface area contributed by atoms with E-state index < -0.39 is 10.0 Å². The molecule has 0 atom stereocenters. The minimum Gasteiger partial charge on any atom is -0.412 e. The zero-order valence-electron chi connectivity index (χ0n) is 14.9. The second kappa shape index (κ2) is 8.98. The molecule has 144 valence electrons. The molecule has 3 aromatic carbocycles. The van der Waals surface area contributed by atoms with Gasteiger partial charge < -0.3 is 11.2 Å². The van der Waals surface area contributed by atoms with Gasteiger partial charge in [-0.3, -0.25) is 9.52 Å². The zero-order valence-corrected chi connectivity index (χ0v) is 15.7. The molecule has 28 heavy (non-hydrogen) atoms. The predicted octanol–water partition coefficient (Wildman–Crippen LogP) is 3.14. The van der Waals surface area contributed by atoms with E-state index in [-0.39, 0.29) is 16.2 Å². The number of nitrogen functional groups attached to an aromatic ring is 1. The van der Waals surface area contributed by atoms with E-state index in [1.54, 1.807) is 42.5 Å². The predicted molar refractivity (Wildman–Crippen MR) is 112 cm³/mol. The summed E-state index contributed by atoms with van der Waals surface area (Å²) in [4.78, 5) is 12.2. The Kier molecular flexibility index (Phi) is 6.70. The lowest BCUT2D eigenvalue weighted by Gasteiger charge is -2.08. The minimum absolute atomic E-state index is 0. The van der Waals surface area contributed by atoms with Crippen molar-refractivity contribution in [3.63, 3.8) is 0 Å². The van der Waals surface area contributed by atoms with Crippen LogP contribution in [0.5, 0.6) is 0 Å². The first-order valence-electron chi connectivity index (χ1n) is 8.20. The van der Waals surface area contributed by atoms with E-state index in [4.69, 9.17) is 5.73 Å². The smallest absolute Gasteiger partial charge is 0.261 e. The van der Waals surface area contributed by atoms with Gasteiger partial charge in [-0.1, -0.05) is 48.5 Å². The maximum atomic E-state index is 12.4. The third kappa shape index (κ3) is 5.29. The standard InChI is InChI=1S/C21H18N2O3S.H2O/c22-18-9-13-20(14-10-18)27(25,26)23-19-11-6-16(7-12-19)8-15-21(24)17-4-2-1-3-5-17;/h1-15,23H,22H2;1H2/b15-8+;. The first-order valence-corrected chi connectivity index (χ1v) is 9.68. The lowest BCUT2D eigenvalue weighted by Crippen LogP contribution is -2.12. The number of carbonyl (C=O) groups is 1. The fraction of sp³-hybridized carbons (Fsp3) is 0. The number of ketones is 1. The fourth-order valence-electron chi connectivity index (χ4n) is 2.39. The number of sulfonamides is 1. The van der Waals surface area contributed by atoms with Crippen molar-refractivity contribution < 1.29 is 18.7 Å². The van der Waals surface area contributed by atoms with Crippen LogP contribution in [-0.4, -0.2) is 19.7 Å². The molecule has 7 heteroatoms. The average molecular weight is 396 g/mol. The summed E-state index contributed by atoms with van der Waals surface area (Å²) >= 11 is 0. The lowest BCUT2D eigenvalue weighted by atomic mass is 10.1. The van der Waals surface area contributed by atoms with Gasteiger partial charge in [0.05, 0.1) is 4.90 Å². The molecule has 0 aliphatic carbocycles. The van der Waals surface area contributed by atoms with E-state index in [1.165, 1.54) is 30.3 Å². The molecule has 6 nitrogen and oxygen atoms in total. The zero-order chi connectivity index (χ0) is 19.3. The normalized spacial score (nSPS) is 11.0. The third-order valence-corrected chi connectivity index (χ3v) is 5.24. The highest BCUT2D eigenvalue weighted by Crippen LogP contribution is 2.18. The second-order valence-corrected chi connectivity index (χ2v) is 7.54. The second-order valence-electron chi connectivity index (χ2n) is 5.86. The van der Waals surface area contributed by atoms with Crippen LogP contribution >= 0.6 is 0 Å². The number of anilines is 2. The molecule has 0 amide bonds. The minimum atomic E-state index is -3.68. The molecule has 0 fully saturated rings. The van der Waals surface area contributed by atoms with Crippen molar-refractivity contribution in [2.75, 3.05) is 10.5 Å². The number of hydrogen-bond acceptors (Lipinski definition) is 4. The highest BCUT2D eigenvalue weighted by molar-refractivity contribution is 7.92. The summed E-state index contributed by atoms with van der Waals surface area (Å²) in [5.41, 5.74) is 7.90. The van der Waals surface area contributed by atoms with E-state index >= 15 is 0 Å². The highest BCUT2D eigenvalue weighted by atomic mass is 32.2. The Morgan fingerprint density at radius 3 is 2.07 bits per heavy atom. The number of nitrogens with one attached hydrogen (secondary N) is 1. The van der Waals surface area contributed by atoms with Crippen molar-refractivity contribution in [2.24, 2.45) is 0 Å². The van der Waals surface area contributed by atoms with Gasteiger partial charge in [0.2, 0.25) is 0 Å². The van der Waals surface area contributed by atoms with E-state index in [0.717, 1.165) is 5.56 Å². The van der Waals surface area contributed by atoms with E-state index in [9.17, 15) is 13.2 Å². The molecule has 0 aliphatic heterocycles. The molecule has 0 bridgehead atoms. The van der Waals surface area contributed by atoms with Gasteiger partial charge in [0.1, 0.15) is 0 Å². The Balaban J connectivity index is 0.00000280. The van der Waals surface area contributed by atoms with Crippen LogP contribution in [0.3, 0.4) is 0 Å². The molecule has 0 saturated carbocycles. The van der Waals surface area contributed by atoms with Gasteiger partial charge in [-0.2, -0.15) is 0 Å². The summed E-state index contributed by atoms with van der Waals surface area (Å²) < 4.78 is 27.2. The molecule has 3 rings (SSSR count). The summed E-state index contributed by atoms with van der Waals surface area (Å²) in [6, 6.07) is 21.7. The third-order valence-electron chi connectivity index (χ3n) is 3.84. The summed E-state index contributed by atoms with van der Waals surface area (Å²) in [6.07, 6.45) is 3.18. The number of carbonyl (C=O) groups excluding carboxylic acids is 1. The maximum absolute atomic E-state index is 12.4. The maximum Gasteiger partial charge on any atom is 0.261 e. The SMILES string of the molecule is Nc1ccc(S(=O)(=O)Nc2ccc(/C=C/C(=O)c3ccccc3)cc2)cc1.O. The van der Waals surface area contributed by atoms with Gasteiger partial charge in [-0.05, 0) is 48.0 Å². The van der Waals surface area contributed by atoms with E-state index in [1.807, 2.05) is 18.2 Å². The van der Waals surface area contributed by atoms with Gasteiger partial charge in [0.25, 0.3) is 10.0 Å². The van der Waals surface area contributed by atoms with Crippen molar-refractivity contribution in [3.05, 3.63) is 96.1 Å². The molecule has 3 aromatic rings. The highest BCUT2D eigenvalue weighted by Gasteiger charge is 2.13. The van der Waals surface area contributed by atoms with E-state index in [0.29, 0.717) is 16.9 Å². The van der Waals surface area contributed by atoms with Gasteiger partial charge in [-0.15, -0.1) is 0 Å². The van der Waals surface area contributed by atoms with Crippen LogP contribution in [0, 0.1) is 0 Å².